The van der Waals surface area contributed by atoms with Crippen LogP contribution >= 0.6 is 11.6 Å². The summed E-state index contributed by atoms with van der Waals surface area (Å²) in [6.45, 7) is 6.12. The molecule has 0 spiro atoms. The first kappa shape index (κ1) is 20.0. The molecule has 0 aromatic heterocycles. The first-order valence-electron chi connectivity index (χ1n) is 9.89. The van der Waals surface area contributed by atoms with E-state index >= 15 is 0 Å². The van der Waals surface area contributed by atoms with Crippen molar-refractivity contribution in [2.75, 3.05) is 49.5 Å². The topological polar surface area (TPSA) is 65.0 Å². The number of carbonyl (C=O) groups is 1. The van der Waals surface area contributed by atoms with Gasteiger partial charge in [0.2, 0.25) is 5.91 Å². The van der Waals surface area contributed by atoms with E-state index in [9.17, 15) is 9.90 Å². The molecule has 7 heteroatoms. The quantitative estimate of drug-likeness (QED) is 0.759. The lowest BCUT2D eigenvalue weighted by molar-refractivity contribution is -0.115. The third-order valence-electron chi connectivity index (χ3n) is 5.38. The van der Waals surface area contributed by atoms with E-state index in [0.717, 1.165) is 42.5 Å². The summed E-state index contributed by atoms with van der Waals surface area (Å²) < 4.78 is 5.84. The van der Waals surface area contributed by atoms with Crippen molar-refractivity contribution in [3.63, 3.8) is 0 Å². The number of hydrogen-bond donors (Lipinski definition) is 2. The summed E-state index contributed by atoms with van der Waals surface area (Å²) in [5.41, 5.74) is 1.99. The lowest BCUT2D eigenvalue weighted by Gasteiger charge is -2.39. The van der Waals surface area contributed by atoms with E-state index in [1.807, 2.05) is 42.5 Å². The van der Waals surface area contributed by atoms with E-state index in [1.54, 1.807) is 6.92 Å². The summed E-state index contributed by atoms with van der Waals surface area (Å²) in [6, 6.07) is 13.5. The van der Waals surface area contributed by atoms with Gasteiger partial charge in [-0.25, -0.2) is 0 Å². The van der Waals surface area contributed by atoms with Crippen molar-refractivity contribution in [3.8, 4) is 5.75 Å². The third kappa shape index (κ3) is 5.01. The highest BCUT2D eigenvalue weighted by Crippen LogP contribution is 2.27. The molecule has 1 saturated heterocycles. The van der Waals surface area contributed by atoms with Crippen LogP contribution in [0, 0.1) is 0 Å². The Balaban J connectivity index is 1.26. The van der Waals surface area contributed by atoms with Gasteiger partial charge in [0.1, 0.15) is 18.0 Å². The number of anilines is 2. The molecule has 0 saturated carbocycles. The Morgan fingerprint density at radius 2 is 1.86 bits per heavy atom. The van der Waals surface area contributed by atoms with Crippen molar-refractivity contribution >= 4 is 28.9 Å². The van der Waals surface area contributed by atoms with Gasteiger partial charge in [-0.2, -0.15) is 0 Å². The smallest absolute Gasteiger partial charge is 0.228 e. The second-order valence-electron chi connectivity index (χ2n) is 8.07. The highest BCUT2D eigenvalue weighted by molar-refractivity contribution is 6.30. The van der Waals surface area contributed by atoms with Gasteiger partial charge in [0, 0.05) is 49.1 Å². The molecule has 2 aliphatic heterocycles. The van der Waals surface area contributed by atoms with Crippen LogP contribution in [0.5, 0.6) is 5.75 Å². The van der Waals surface area contributed by atoms with Crippen molar-refractivity contribution in [2.24, 2.45) is 0 Å². The van der Waals surface area contributed by atoms with Crippen molar-refractivity contribution < 1.29 is 14.6 Å². The van der Waals surface area contributed by atoms with Crippen LogP contribution in [0.2, 0.25) is 5.02 Å². The van der Waals surface area contributed by atoms with Crippen LogP contribution in [0.4, 0.5) is 11.4 Å². The number of aliphatic hydroxyl groups is 1. The number of hydrogen-bond acceptors (Lipinski definition) is 5. The Morgan fingerprint density at radius 3 is 2.59 bits per heavy atom. The van der Waals surface area contributed by atoms with E-state index in [-0.39, 0.29) is 12.5 Å². The fourth-order valence-electron chi connectivity index (χ4n) is 3.88. The molecule has 1 amide bonds. The second-order valence-corrected chi connectivity index (χ2v) is 8.51. The van der Waals surface area contributed by atoms with Crippen molar-refractivity contribution in [3.05, 3.63) is 53.1 Å². The maximum atomic E-state index is 11.5. The van der Waals surface area contributed by atoms with E-state index in [0.29, 0.717) is 18.7 Å². The molecule has 2 aliphatic rings. The first-order chi connectivity index (χ1) is 13.9. The zero-order valence-electron chi connectivity index (χ0n) is 16.5. The fourth-order valence-corrected chi connectivity index (χ4v) is 4.00. The lowest BCUT2D eigenvalue weighted by Crippen LogP contribution is -2.52. The summed E-state index contributed by atoms with van der Waals surface area (Å²) in [6.07, 6.45) is 0.376. The Hall–Kier alpha value is -2.28. The second kappa shape index (κ2) is 8.22. The molecule has 2 heterocycles. The summed E-state index contributed by atoms with van der Waals surface area (Å²) in [4.78, 5) is 16.1. The van der Waals surface area contributed by atoms with Gasteiger partial charge in [-0.1, -0.05) is 11.6 Å². The number of benzene rings is 2. The minimum absolute atomic E-state index is 0.00175. The molecule has 0 bridgehead atoms. The molecule has 6 nitrogen and oxygen atoms in total. The maximum absolute atomic E-state index is 11.5. The molecule has 0 radical (unpaired) electrons. The first-order valence-corrected chi connectivity index (χ1v) is 10.3. The zero-order valence-corrected chi connectivity index (χ0v) is 17.3. The van der Waals surface area contributed by atoms with Gasteiger partial charge in [-0.05, 0) is 55.0 Å². The van der Waals surface area contributed by atoms with Crippen molar-refractivity contribution in [2.45, 2.75) is 18.9 Å². The average molecular weight is 416 g/mol. The Labute approximate surface area is 176 Å². The highest BCUT2D eigenvalue weighted by Gasteiger charge is 2.28. The van der Waals surface area contributed by atoms with Crippen molar-refractivity contribution in [1.82, 2.24) is 4.90 Å². The Bertz CT molecular complexity index is 877. The molecule has 29 heavy (non-hydrogen) atoms. The molecule has 1 fully saturated rings. The standard InChI is InChI=1S/C22H26ClN3O3/c1-22(28,15-29-19-6-7-20-16(12-19)13-21(27)24-20)14-25-8-10-26(11-9-25)18-4-2-17(23)3-5-18/h2-7,12,28H,8-11,13-15H2,1H3,(H,24,27). The van der Waals surface area contributed by atoms with Gasteiger partial charge in [-0.15, -0.1) is 0 Å². The van der Waals surface area contributed by atoms with Crippen LogP contribution in [-0.2, 0) is 11.2 Å². The molecule has 1 unspecified atom stereocenters. The molecule has 154 valence electrons. The Kier molecular flexibility index (Phi) is 5.67. The van der Waals surface area contributed by atoms with Gasteiger partial charge < -0.3 is 20.1 Å². The van der Waals surface area contributed by atoms with Crippen LogP contribution in [0.25, 0.3) is 0 Å². The largest absolute Gasteiger partial charge is 0.491 e. The van der Waals surface area contributed by atoms with Crippen LogP contribution in [-0.4, -0.2) is 60.8 Å². The predicted molar refractivity (Wildman–Crippen MR) is 115 cm³/mol. The number of amides is 1. The van der Waals surface area contributed by atoms with Gasteiger partial charge in [0.15, 0.2) is 0 Å². The van der Waals surface area contributed by atoms with Crippen LogP contribution < -0.4 is 15.0 Å². The summed E-state index contributed by atoms with van der Waals surface area (Å²) >= 11 is 5.97. The lowest BCUT2D eigenvalue weighted by atomic mass is 10.1. The molecule has 2 aromatic rings. The molecule has 1 atom stereocenters. The average Bonchev–Trinajstić information content (AvgIpc) is 3.07. The number of β-amino-alcohol motifs (C(OH)–C–C–N with tert-alkyl or cyclic N) is 1. The minimum atomic E-state index is -0.963. The molecule has 4 rings (SSSR count). The Morgan fingerprint density at radius 1 is 1.14 bits per heavy atom. The number of halogens is 1. The molecule has 2 N–H and O–H groups in total. The molecule has 2 aromatic carbocycles. The fraction of sp³-hybridized carbons (Fsp3) is 0.409. The third-order valence-corrected chi connectivity index (χ3v) is 5.63. The maximum Gasteiger partial charge on any atom is 0.228 e. The zero-order chi connectivity index (χ0) is 20.4. The molecule has 0 aliphatic carbocycles. The van der Waals surface area contributed by atoms with Crippen LogP contribution in [0.3, 0.4) is 0 Å². The van der Waals surface area contributed by atoms with Crippen molar-refractivity contribution in [1.29, 1.82) is 0 Å². The van der Waals surface area contributed by atoms with E-state index < -0.39 is 5.60 Å². The normalized spacial score (nSPS) is 18.9. The van der Waals surface area contributed by atoms with E-state index in [4.69, 9.17) is 16.3 Å². The number of nitrogens with zero attached hydrogens (tertiary/aromatic N) is 2. The number of piperazine rings is 1. The van der Waals surface area contributed by atoms with E-state index in [2.05, 4.69) is 15.1 Å². The van der Waals surface area contributed by atoms with E-state index in [1.165, 1.54) is 5.69 Å². The molecular weight excluding hydrogens is 390 g/mol. The summed E-state index contributed by atoms with van der Waals surface area (Å²) in [7, 11) is 0. The van der Waals surface area contributed by atoms with Gasteiger partial charge in [-0.3, -0.25) is 9.69 Å². The number of carbonyl (C=O) groups excluding carboxylic acids is 1. The summed E-state index contributed by atoms with van der Waals surface area (Å²) in [5, 5.41) is 14.4. The molecular formula is C22H26ClN3O3. The number of fused-ring (bicyclic) bond motifs is 1. The predicted octanol–water partition coefficient (Wildman–Crippen LogP) is 2.79. The van der Waals surface area contributed by atoms with Crippen LogP contribution in [0.15, 0.2) is 42.5 Å². The van der Waals surface area contributed by atoms with Crippen LogP contribution in [0.1, 0.15) is 12.5 Å². The highest BCUT2D eigenvalue weighted by atomic mass is 35.5. The van der Waals surface area contributed by atoms with Gasteiger partial charge in [0.05, 0.1) is 6.42 Å². The summed E-state index contributed by atoms with van der Waals surface area (Å²) in [5.74, 6) is 0.676. The number of ether oxygens (including phenoxy) is 1. The van der Waals surface area contributed by atoms with Gasteiger partial charge in [0.25, 0.3) is 0 Å². The van der Waals surface area contributed by atoms with Gasteiger partial charge >= 0.3 is 0 Å². The monoisotopic (exact) mass is 415 g/mol. The SMILES string of the molecule is CC(O)(COc1ccc2c(c1)CC(=O)N2)CN1CCN(c2ccc(Cl)cc2)CC1. The number of rotatable bonds is 6. The minimum Gasteiger partial charge on any atom is -0.491 e. The number of nitrogens with one attached hydrogen (secondary N) is 1.